The number of halogens is 3. The summed E-state index contributed by atoms with van der Waals surface area (Å²) in [5.41, 5.74) is -1.58. The maximum Gasteiger partial charge on any atom is 0.337 e. The lowest BCUT2D eigenvalue weighted by Crippen LogP contribution is -2.04. The molecular weight excluding hydrogens is 277 g/mol. The third-order valence-corrected chi connectivity index (χ3v) is 2.51. The summed E-state index contributed by atoms with van der Waals surface area (Å²) in [6.45, 7) is 0. The molecule has 0 aliphatic carbocycles. The minimum Gasteiger partial charge on any atom is -0.367 e. The Balaban J connectivity index is 2.76. The Morgan fingerprint density at radius 3 is 2.40 bits per heavy atom. The van der Waals surface area contributed by atoms with E-state index in [0.29, 0.717) is 12.1 Å². The summed E-state index contributed by atoms with van der Waals surface area (Å²) in [4.78, 5) is 17.4. The van der Waals surface area contributed by atoms with Gasteiger partial charge in [-0.3, -0.25) is 10.1 Å². The van der Waals surface area contributed by atoms with Gasteiger partial charge >= 0.3 is 5.69 Å². The van der Waals surface area contributed by atoms with E-state index >= 15 is 0 Å². The first-order valence-electron chi connectivity index (χ1n) is 5.27. The number of nitrogens with one attached hydrogen (secondary N) is 1. The summed E-state index contributed by atoms with van der Waals surface area (Å²) in [5, 5.41) is 13.5. The summed E-state index contributed by atoms with van der Waals surface area (Å²) in [6, 6.07) is 0.814. The monoisotopic (exact) mass is 284 g/mol. The highest BCUT2D eigenvalue weighted by Crippen LogP contribution is 2.34. The van der Waals surface area contributed by atoms with Crippen molar-refractivity contribution in [3.8, 4) is 11.3 Å². The van der Waals surface area contributed by atoms with E-state index in [1.54, 1.807) is 0 Å². The van der Waals surface area contributed by atoms with Crippen LogP contribution in [-0.2, 0) is 0 Å². The molecule has 1 aromatic carbocycles. The molecule has 0 atom stereocenters. The maximum absolute atomic E-state index is 13.7. The molecule has 0 radical (unpaired) electrons. The van der Waals surface area contributed by atoms with Crippen LogP contribution in [0.1, 0.15) is 0 Å². The zero-order valence-electron chi connectivity index (χ0n) is 10.0. The summed E-state index contributed by atoms with van der Waals surface area (Å²) < 4.78 is 39.8. The van der Waals surface area contributed by atoms with Crippen molar-refractivity contribution < 1.29 is 18.1 Å². The van der Waals surface area contributed by atoms with Gasteiger partial charge in [0.25, 0.3) is 0 Å². The predicted octanol–water partition coefficient (Wildman–Crippen LogP) is 2.51. The molecule has 0 aliphatic heterocycles. The minimum atomic E-state index is -1.39. The molecule has 0 amide bonds. The summed E-state index contributed by atoms with van der Waals surface area (Å²) in [7, 11) is 1.38. The highest BCUT2D eigenvalue weighted by atomic mass is 19.2. The van der Waals surface area contributed by atoms with Crippen LogP contribution in [0.5, 0.6) is 0 Å². The van der Waals surface area contributed by atoms with Gasteiger partial charge in [0.2, 0.25) is 5.82 Å². The summed E-state index contributed by atoms with van der Waals surface area (Å²) in [5.74, 6) is -4.05. The number of rotatable bonds is 3. The number of nitrogens with zero attached hydrogens (tertiary/aromatic N) is 3. The van der Waals surface area contributed by atoms with Gasteiger partial charge in [-0.2, -0.15) is 0 Å². The van der Waals surface area contributed by atoms with E-state index in [9.17, 15) is 23.3 Å². The normalized spacial score (nSPS) is 10.4. The van der Waals surface area contributed by atoms with Crippen molar-refractivity contribution in [2.45, 2.75) is 0 Å². The van der Waals surface area contributed by atoms with Crippen LogP contribution in [0, 0.1) is 27.6 Å². The average molecular weight is 284 g/mol. The quantitative estimate of drug-likeness (QED) is 0.532. The molecule has 0 unspecified atom stereocenters. The Hall–Kier alpha value is -2.71. The van der Waals surface area contributed by atoms with Gasteiger partial charge in [0.1, 0.15) is 12.1 Å². The summed E-state index contributed by atoms with van der Waals surface area (Å²) >= 11 is 0. The Bertz CT molecular complexity index is 694. The molecule has 0 aliphatic rings. The maximum atomic E-state index is 13.7. The van der Waals surface area contributed by atoms with Gasteiger partial charge in [0.05, 0.1) is 4.92 Å². The molecular formula is C11H7F3N4O2. The topological polar surface area (TPSA) is 81.0 Å². The van der Waals surface area contributed by atoms with Gasteiger partial charge in [-0.1, -0.05) is 0 Å². The molecule has 0 bridgehead atoms. The van der Waals surface area contributed by atoms with Crippen molar-refractivity contribution in [2.75, 3.05) is 12.4 Å². The number of hydrogen-bond acceptors (Lipinski definition) is 5. The van der Waals surface area contributed by atoms with Gasteiger partial charge in [-0.15, -0.1) is 0 Å². The van der Waals surface area contributed by atoms with E-state index in [1.807, 2.05) is 0 Å². The van der Waals surface area contributed by atoms with E-state index in [2.05, 4.69) is 15.3 Å². The van der Waals surface area contributed by atoms with Crippen molar-refractivity contribution in [1.29, 1.82) is 0 Å². The van der Waals surface area contributed by atoms with Crippen LogP contribution in [-0.4, -0.2) is 21.9 Å². The second kappa shape index (κ2) is 5.11. The number of anilines is 1. The largest absolute Gasteiger partial charge is 0.367 e. The lowest BCUT2D eigenvalue weighted by Gasteiger charge is -2.07. The SMILES string of the molecule is CNc1ncnc(-c2cc(F)c(F)cc2F)c1[N+](=O)[O-]. The van der Waals surface area contributed by atoms with Gasteiger partial charge in [-0.05, 0) is 6.07 Å². The molecule has 0 saturated heterocycles. The van der Waals surface area contributed by atoms with E-state index < -0.39 is 39.3 Å². The molecule has 20 heavy (non-hydrogen) atoms. The van der Waals surface area contributed by atoms with E-state index in [0.717, 1.165) is 6.33 Å². The molecule has 1 aromatic heterocycles. The zero-order chi connectivity index (χ0) is 14.9. The molecule has 104 valence electrons. The highest BCUT2D eigenvalue weighted by Gasteiger charge is 2.26. The van der Waals surface area contributed by atoms with E-state index in [-0.39, 0.29) is 5.82 Å². The van der Waals surface area contributed by atoms with Crippen LogP contribution >= 0.6 is 0 Å². The third kappa shape index (κ3) is 2.25. The number of benzene rings is 1. The molecule has 2 aromatic rings. The number of nitro groups is 1. The fraction of sp³-hybridized carbons (Fsp3) is 0.0909. The van der Waals surface area contributed by atoms with Gasteiger partial charge < -0.3 is 5.32 Å². The van der Waals surface area contributed by atoms with Crippen LogP contribution in [0.25, 0.3) is 11.3 Å². The second-order valence-electron chi connectivity index (χ2n) is 3.67. The van der Waals surface area contributed by atoms with Crippen molar-refractivity contribution in [3.05, 3.63) is 46.0 Å². The third-order valence-electron chi connectivity index (χ3n) is 2.51. The minimum absolute atomic E-state index is 0.163. The van der Waals surface area contributed by atoms with Crippen molar-refractivity contribution in [1.82, 2.24) is 9.97 Å². The Kier molecular flexibility index (Phi) is 3.51. The smallest absolute Gasteiger partial charge is 0.337 e. The zero-order valence-corrected chi connectivity index (χ0v) is 10.0. The first kappa shape index (κ1) is 13.7. The second-order valence-corrected chi connectivity index (χ2v) is 3.67. The van der Waals surface area contributed by atoms with Crippen LogP contribution in [0.4, 0.5) is 24.7 Å². The predicted molar refractivity (Wildman–Crippen MR) is 63.5 cm³/mol. The molecule has 0 spiro atoms. The lowest BCUT2D eigenvalue weighted by atomic mass is 10.1. The highest BCUT2D eigenvalue weighted by molar-refractivity contribution is 5.76. The van der Waals surface area contributed by atoms with Crippen molar-refractivity contribution in [2.24, 2.45) is 0 Å². The Labute approximate surface area is 110 Å². The van der Waals surface area contributed by atoms with Crippen molar-refractivity contribution >= 4 is 11.5 Å². The standard InChI is InChI=1S/C11H7F3N4O2/c1-15-11-10(18(19)20)9(16-4-17-11)5-2-7(13)8(14)3-6(5)12/h2-4H,1H3,(H,15,16,17). The summed E-state index contributed by atoms with van der Waals surface area (Å²) in [6.07, 6.45) is 0.953. The Morgan fingerprint density at radius 2 is 1.80 bits per heavy atom. The lowest BCUT2D eigenvalue weighted by molar-refractivity contribution is -0.383. The van der Waals surface area contributed by atoms with Gasteiger partial charge in [-0.25, -0.2) is 23.1 Å². The van der Waals surface area contributed by atoms with Crippen LogP contribution in [0.2, 0.25) is 0 Å². The van der Waals surface area contributed by atoms with E-state index in [4.69, 9.17) is 0 Å². The molecule has 1 heterocycles. The fourth-order valence-corrected chi connectivity index (χ4v) is 1.64. The molecule has 9 heteroatoms. The first-order valence-corrected chi connectivity index (χ1v) is 5.27. The first-order chi connectivity index (χ1) is 9.45. The average Bonchev–Trinajstić information content (AvgIpc) is 2.41. The van der Waals surface area contributed by atoms with Crippen LogP contribution in [0.15, 0.2) is 18.5 Å². The molecule has 0 saturated carbocycles. The van der Waals surface area contributed by atoms with Crippen molar-refractivity contribution in [3.63, 3.8) is 0 Å². The molecule has 6 nitrogen and oxygen atoms in total. The van der Waals surface area contributed by atoms with Crippen LogP contribution < -0.4 is 5.32 Å². The number of hydrogen-bond donors (Lipinski definition) is 1. The fourth-order valence-electron chi connectivity index (χ4n) is 1.64. The molecule has 1 N–H and O–H groups in total. The molecule has 0 fully saturated rings. The van der Waals surface area contributed by atoms with Gasteiger partial charge in [0.15, 0.2) is 17.3 Å². The molecule has 2 rings (SSSR count). The Morgan fingerprint density at radius 1 is 1.15 bits per heavy atom. The van der Waals surface area contributed by atoms with Crippen LogP contribution in [0.3, 0.4) is 0 Å². The van der Waals surface area contributed by atoms with Gasteiger partial charge in [0, 0.05) is 18.7 Å². The van der Waals surface area contributed by atoms with E-state index in [1.165, 1.54) is 7.05 Å². The number of aromatic nitrogens is 2.